The van der Waals surface area contributed by atoms with Crippen LogP contribution in [0.5, 0.6) is 0 Å². The van der Waals surface area contributed by atoms with Crippen molar-refractivity contribution in [3.8, 4) is 0 Å². The molecule has 0 saturated carbocycles. The number of hydrogen-bond acceptors (Lipinski definition) is 2. The van der Waals surface area contributed by atoms with E-state index >= 15 is 0 Å². The highest BCUT2D eigenvalue weighted by Gasteiger charge is 2.19. The van der Waals surface area contributed by atoms with Crippen LogP contribution in [0.4, 0.5) is 5.69 Å². The minimum Gasteiger partial charge on any atom is -0.380 e. The van der Waals surface area contributed by atoms with Crippen LogP contribution < -0.4 is 5.32 Å². The normalized spacial score (nSPS) is 21.9. The Hall–Kier alpha value is -0.0600. The van der Waals surface area contributed by atoms with Crippen LogP contribution in [0.2, 0.25) is 0 Å². The average molecular weight is 334 g/mol. The van der Waals surface area contributed by atoms with Gasteiger partial charge in [-0.2, -0.15) is 0 Å². The first-order chi connectivity index (χ1) is 7.15. The Bertz CT molecular complexity index is 354. The molecule has 0 amide bonds. The van der Waals surface area contributed by atoms with E-state index in [0.29, 0.717) is 6.04 Å². The smallest absolute Gasteiger partial charge is 0.0488 e. The number of nitrogens with one attached hydrogen (secondary N) is 1. The molecule has 1 aromatic rings. The Balaban J connectivity index is 2.04. The minimum absolute atomic E-state index is 0.576. The van der Waals surface area contributed by atoms with E-state index in [4.69, 9.17) is 0 Å². The second-order valence-electron chi connectivity index (χ2n) is 4.02. The van der Waals surface area contributed by atoms with Crippen LogP contribution in [0.1, 0.15) is 6.42 Å². The van der Waals surface area contributed by atoms with Gasteiger partial charge >= 0.3 is 0 Å². The Morgan fingerprint density at radius 3 is 2.80 bits per heavy atom. The second-order valence-corrected chi connectivity index (χ2v) is 5.79. The van der Waals surface area contributed by atoms with Crippen LogP contribution in [0, 0.1) is 0 Å². The zero-order chi connectivity index (χ0) is 10.8. The van der Waals surface area contributed by atoms with Crippen LogP contribution in [-0.2, 0) is 0 Å². The van der Waals surface area contributed by atoms with Gasteiger partial charge in [0.2, 0.25) is 0 Å². The molecule has 1 aromatic carbocycles. The lowest BCUT2D eigenvalue weighted by molar-refractivity contribution is 0.414. The van der Waals surface area contributed by atoms with Crippen LogP contribution in [-0.4, -0.2) is 31.1 Å². The Labute approximate surface area is 107 Å². The molecule has 2 rings (SSSR count). The first kappa shape index (κ1) is 11.4. The van der Waals surface area contributed by atoms with Crippen LogP contribution in [0.25, 0.3) is 0 Å². The van der Waals surface area contributed by atoms with Crippen LogP contribution >= 0.6 is 31.9 Å². The number of anilines is 1. The topological polar surface area (TPSA) is 15.3 Å². The number of hydrogen-bond donors (Lipinski definition) is 1. The highest BCUT2D eigenvalue weighted by atomic mass is 79.9. The van der Waals surface area contributed by atoms with Gasteiger partial charge in [-0.3, -0.25) is 0 Å². The molecule has 1 fully saturated rings. The van der Waals surface area contributed by atoms with Gasteiger partial charge in [-0.25, -0.2) is 0 Å². The standard InChI is InChI=1S/C11H14Br2N2/c1-15-5-4-9(7-15)14-11-3-2-8(12)6-10(11)13/h2-3,6,9,14H,4-5,7H2,1H3. The van der Waals surface area contributed by atoms with E-state index < -0.39 is 0 Å². The van der Waals surface area contributed by atoms with E-state index in [1.807, 2.05) is 0 Å². The quantitative estimate of drug-likeness (QED) is 0.893. The summed E-state index contributed by atoms with van der Waals surface area (Å²) < 4.78 is 2.22. The van der Waals surface area contributed by atoms with Gasteiger partial charge in [-0.05, 0) is 54.1 Å². The molecule has 1 aliphatic heterocycles. The van der Waals surface area contributed by atoms with Crippen molar-refractivity contribution in [2.75, 3.05) is 25.5 Å². The predicted octanol–water partition coefficient (Wildman–Crippen LogP) is 3.33. The number of likely N-dealkylation sites (N-methyl/N-ethyl adjacent to an activating group) is 1. The highest BCUT2D eigenvalue weighted by Crippen LogP contribution is 2.27. The molecule has 1 atom stereocenters. The Morgan fingerprint density at radius 2 is 2.20 bits per heavy atom. The van der Waals surface area contributed by atoms with Crippen LogP contribution in [0.15, 0.2) is 27.1 Å². The van der Waals surface area contributed by atoms with Crippen molar-refractivity contribution < 1.29 is 0 Å². The molecule has 1 saturated heterocycles. The van der Waals surface area contributed by atoms with Crippen molar-refractivity contribution in [3.05, 3.63) is 27.1 Å². The summed E-state index contributed by atoms with van der Waals surface area (Å²) >= 11 is 7.02. The lowest BCUT2D eigenvalue weighted by Gasteiger charge is -2.15. The summed E-state index contributed by atoms with van der Waals surface area (Å²) in [4.78, 5) is 2.35. The van der Waals surface area contributed by atoms with E-state index in [0.717, 1.165) is 15.5 Å². The predicted molar refractivity (Wildman–Crippen MR) is 71.4 cm³/mol. The zero-order valence-electron chi connectivity index (χ0n) is 8.63. The van der Waals surface area contributed by atoms with Gasteiger partial charge in [-0.15, -0.1) is 0 Å². The fourth-order valence-electron chi connectivity index (χ4n) is 1.88. The van der Waals surface area contributed by atoms with Crippen molar-refractivity contribution in [1.29, 1.82) is 0 Å². The molecule has 0 aromatic heterocycles. The maximum absolute atomic E-state index is 3.56. The summed E-state index contributed by atoms with van der Waals surface area (Å²) in [7, 11) is 2.16. The monoisotopic (exact) mass is 332 g/mol. The first-order valence-corrected chi connectivity index (χ1v) is 6.64. The second kappa shape index (κ2) is 4.85. The van der Waals surface area contributed by atoms with Gasteiger partial charge in [0.05, 0.1) is 0 Å². The molecule has 4 heteroatoms. The lowest BCUT2D eigenvalue weighted by atomic mass is 10.2. The van der Waals surface area contributed by atoms with Gasteiger partial charge in [0.1, 0.15) is 0 Å². The van der Waals surface area contributed by atoms with E-state index in [1.54, 1.807) is 0 Å². The molecule has 1 N–H and O–H groups in total. The molecular formula is C11H14Br2N2. The van der Waals surface area contributed by atoms with Gasteiger partial charge in [0.25, 0.3) is 0 Å². The zero-order valence-corrected chi connectivity index (χ0v) is 11.8. The summed E-state index contributed by atoms with van der Waals surface area (Å²) in [5.41, 5.74) is 1.18. The number of benzene rings is 1. The molecule has 0 spiro atoms. The van der Waals surface area contributed by atoms with Crippen molar-refractivity contribution in [3.63, 3.8) is 0 Å². The molecule has 1 unspecified atom stereocenters. The van der Waals surface area contributed by atoms with E-state index in [1.165, 1.54) is 18.7 Å². The van der Waals surface area contributed by atoms with Crippen molar-refractivity contribution >= 4 is 37.5 Å². The molecule has 2 nitrogen and oxygen atoms in total. The fourth-order valence-corrected chi connectivity index (χ4v) is 3.04. The van der Waals surface area contributed by atoms with Gasteiger partial charge in [0, 0.05) is 27.2 Å². The fraction of sp³-hybridized carbons (Fsp3) is 0.455. The third-order valence-corrected chi connectivity index (χ3v) is 3.83. The molecular weight excluding hydrogens is 320 g/mol. The first-order valence-electron chi connectivity index (χ1n) is 5.05. The van der Waals surface area contributed by atoms with E-state index in [9.17, 15) is 0 Å². The van der Waals surface area contributed by atoms with Gasteiger partial charge < -0.3 is 10.2 Å². The summed E-state index contributed by atoms with van der Waals surface area (Å²) in [5, 5.41) is 3.56. The maximum atomic E-state index is 3.56. The summed E-state index contributed by atoms with van der Waals surface area (Å²) in [6, 6.07) is 6.81. The number of nitrogens with zero attached hydrogens (tertiary/aromatic N) is 1. The molecule has 1 aliphatic rings. The third kappa shape index (κ3) is 2.95. The summed E-state index contributed by atoms with van der Waals surface area (Å²) in [6.45, 7) is 2.31. The molecule has 82 valence electrons. The summed E-state index contributed by atoms with van der Waals surface area (Å²) in [6.07, 6.45) is 1.22. The van der Waals surface area contributed by atoms with Crippen LogP contribution in [0.3, 0.4) is 0 Å². The number of halogens is 2. The molecule has 0 radical (unpaired) electrons. The average Bonchev–Trinajstić information content (AvgIpc) is 2.56. The van der Waals surface area contributed by atoms with E-state index in [2.05, 4.69) is 67.3 Å². The Kier molecular flexibility index (Phi) is 3.69. The number of likely N-dealkylation sites (tertiary alicyclic amines) is 1. The molecule has 15 heavy (non-hydrogen) atoms. The van der Waals surface area contributed by atoms with Crippen molar-refractivity contribution in [1.82, 2.24) is 4.90 Å². The van der Waals surface area contributed by atoms with Crippen molar-refractivity contribution in [2.45, 2.75) is 12.5 Å². The molecule has 0 aliphatic carbocycles. The van der Waals surface area contributed by atoms with E-state index in [-0.39, 0.29) is 0 Å². The maximum Gasteiger partial charge on any atom is 0.0488 e. The van der Waals surface area contributed by atoms with Crippen molar-refractivity contribution in [2.24, 2.45) is 0 Å². The summed E-state index contributed by atoms with van der Waals surface area (Å²) in [5.74, 6) is 0. The largest absolute Gasteiger partial charge is 0.380 e. The lowest BCUT2D eigenvalue weighted by Crippen LogP contribution is -2.23. The van der Waals surface area contributed by atoms with Gasteiger partial charge in [-0.1, -0.05) is 15.9 Å². The SMILES string of the molecule is CN1CCC(Nc2ccc(Br)cc2Br)C1. The van der Waals surface area contributed by atoms with Gasteiger partial charge in [0.15, 0.2) is 0 Å². The third-order valence-electron chi connectivity index (χ3n) is 2.68. The number of rotatable bonds is 2. The Morgan fingerprint density at radius 1 is 1.40 bits per heavy atom. The molecule has 0 bridgehead atoms. The molecule has 1 heterocycles. The minimum atomic E-state index is 0.576. The highest BCUT2D eigenvalue weighted by molar-refractivity contribution is 9.11.